The summed E-state index contributed by atoms with van der Waals surface area (Å²) in [6.07, 6.45) is 1.31. The molecule has 1 aliphatic heterocycles. The Kier molecular flexibility index (Phi) is 6.49. The predicted molar refractivity (Wildman–Crippen MR) is 69.2 cm³/mol. The lowest BCUT2D eigenvalue weighted by Crippen LogP contribution is -2.63. The van der Waals surface area contributed by atoms with E-state index in [1.54, 1.807) is 18.7 Å². The Balaban J connectivity index is 0.00000256. The number of amides is 2. The first-order valence-corrected chi connectivity index (χ1v) is 5.73. The number of hydrogen-bond acceptors (Lipinski definition) is 3. The number of carbonyl (C=O) groups excluding carboxylic acids is 2. The molecule has 1 fully saturated rings. The molecule has 0 unspecified atom stereocenters. The Morgan fingerprint density at radius 1 is 1.53 bits per heavy atom. The van der Waals surface area contributed by atoms with Crippen LogP contribution in [0.25, 0.3) is 0 Å². The molecule has 0 spiro atoms. The molecule has 0 aliphatic carbocycles. The highest BCUT2D eigenvalue weighted by molar-refractivity contribution is 5.91. The Hall–Kier alpha value is -0.810. The molecule has 100 valence electrons. The fraction of sp³-hybridized carbons (Fsp3) is 0.818. The zero-order valence-electron chi connectivity index (χ0n) is 10.7. The molecule has 6 heteroatoms. The normalized spacial score (nSPS) is 18.3. The lowest BCUT2D eigenvalue weighted by molar-refractivity contribution is -0.149. The maximum absolute atomic E-state index is 12.0. The topological polar surface area (TPSA) is 61.4 Å². The van der Waals surface area contributed by atoms with E-state index in [9.17, 15) is 9.59 Å². The summed E-state index contributed by atoms with van der Waals surface area (Å²) in [5.74, 6) is -0.00387. The molecular weight excluding hydrogens is 242 g/mol. The van der Waals surface area contributed by atoms with E-state index in [0.29, 0.717) is 19.5 Å². The van der Waals surface area contributed by atoms with Gasteiger partial charge in [0.05, 0.1) is 0 Å². The highest BCUT2D eigenvalue weighted by atomic mass is 35.5. The molecule has 1 saturated heterocycles. The van der Waals surface area contributed by atoms with Crippen molar-refractivity contribution >= 4 is 24.2 Å². The van der Waals surface area contributed by atoms with E-state index >= 15 is 0 Å². The monoisotopic (exact) mass is 263 g/mol. The average molecular weight is 264 g/mol. The molecule has 17 heavy (non-hydrogen) atoms. The molecule has 0 aromatic heterocycles. The minimum absolute atomic E-state index is 0. The second kappa shape index (κ2) is 6.81. The summed E-state index contributed by atoms with van der Waals surface area (Å²) in [4.78, 5) is 25.3. The van der Waals surface area contributed by atoms with Crippen molar-refractivity contribution in [1.29, 1.82) is 0 Å². The van der Waals surface area contributed by atoms with Gasteiger partial charge in [-0.15, -0.1) is 12.4 Å². The number of carbonyl (C=O) groups is 2. The first-order chi connectivity index (χ1) is 7.50. The predicted octanol–water partition coefficient (Wildman–Crippen LogP) is 0.145. The third-order valence-corrected chi connectivity index (χ3v) is 2.97. The third kappa shape index (κ3) is 3.85. The van der Waals surface area contributed by atoms with Crippen molar-refractivity contribution in [2.45, 2.75) is 32.2 Å². The molecule has 0 bridgehead atoms. The molecule has 0 aromatic carbocycles. The van der Waals surface area contributed by atoms with E-state index in [-0.39, 0.29) is 24.2 Å². The first-order valence-electron chi connectivity index (χ1n) is 5.73. The number of hydrogen-bond donors (Lipinski definition) is 2. The summed E-state index contributed by atoms with van der Waals surface area (Å²) >= 11 is 0. The van der Waals surface area contributed by atoms with E-state index in [2.05, 4.69) is 10.6 Å². The molecule has 5 nitrogen and oxygen atoms in total. The highest BCUT2D eigenvalue weighted by Crippen LogP contribution is 2.18. The third-order valence-electron chi connectivity index (χ3n) is 2.97. The van der Waals surface area contributed by atoms with Gasteiger partial charge >= 0.3 is 0 Å². The maximum Gasteiger partial charge on any atom is 0.245 e. The first kappa shape index (κ1) is 16.2. The van der Waals surface area contributed by atoms with E-state index in [0.717, 1.165) is 13.0 Å². The van der Waals surface area contributed by atoms with E-state index in [4.69, 9.17) is 0 Å². The minimum Gasteiger partial charge on any atom is -0.352 e. The van der Waals surface area contributed by atoms with Crippen LogP contribution in [0.3, 0.4) is 0 Å². The van der Waals surface area contributed by atoms with Gasteiger partial charge in [0, 0.05) is 19.5 Å². The van der Waals surface area contributed by atoms with E-state index in [1.165, 1.54) is 0 Å². The Labute approximate surface area is 109 Å². The van der Waals surface area contributed by atoms with Gasteiger partial charge in [0.2, 0.25) is 11.8 Å². The second-order valence-corrected chi connectivity index (χ2v) is 4.57. The Morgan fingerprint density at radius 2 is 2.18 bits per heavy atom. The quantitative estimate of drug-likeness (QED) is 0.710. The molecule has 2 N–H and O–H groups in total. The summed E-state index contributed by atoms with van der Waals surface area (Å²) in [6, 6.07) is 0. The summed E-state index contributed by atoms with van der Waals surface area (Å²) in [5.41, 5.74) is -0.713. The van der Waals surface area contributed by atoms with E-state index < -0.39 is 5.54 Å². The van der Waals surface area contributed by atoms with Crippen LogP contribution in [0, 0.1) is 0 Å². The zero-order chi connectivity index (χ0) is 12.2. The van der Waals surface area contributed by atoms with Crippen LogP contribution in [-0.4, -0.2) is 48.9 Å². The van der Waals surface area contributed by atoms with Gasteiger partial charge in [-0.05, 0) is 33.9 Å². The summed E-state index contributed by atoms with van der Waals surface area (Å²) in [6.45, 7) is 5.57. The summed E-state index contributed by atoms with van der Waals surface area (Å²) in [7, 11) is 1.86. The van der Waals surface area contributed by atoms with Crippen LogP contribution < -0.4 is 10.6 Å². The average Bonchev–Trinajstić information content (AvgIpc) is 2.22. The number of nitrogens with zero attached hydrogens (tertiary/aromatic N) is 1. The number of piperazine rings is 1. The molecule has 0 saturated carbocycles. The van der Waals surface area contributed by atoms with Crippen LogP contribution in [0.1, 0.15) is 26.7 Å². The van der Waals surface area contributed by atoms with Crippen molar-refractivity contribution in [3.05, 3.63) is 0 Å². The molecule has 0 aromatic rings. The Bertz CT molecular complexity index is 282. The van der Waals surface area contributed by atoms with Gasteiger partial charge in [0.25, 0.3) is 0 Å². The van der Waals surface area contributed by atoms with Crippen molar-refractivity contribution in [2.75, 3.05) is 26.7 Å². The smallest absolute Gasteiger partial charge is 0.245 e. The number of rotatable bonds is 4. The van der Waals surface area contributed by atoms with Crippen molar-refractivity contribution in [2.24, 2.45) is 0 Å². The second-order valence-electron chi connectivity index (χ2n) is 4.57. The molecule has 2 amide bonds. The largest absolute Gasteiger partial charge is 0.352 e. The molecular formula is C11H22ClN3O2. The SMILES string of the molecule is CNCCCC(=O)N1CCNC(=O)C1(C)C.Cl. The van der Waals surface area contributed by atoms with Gasteiger partial charge in [-0.2, -0.15) is 0 Å². The molecule has 0 atom stereocenters. The van der Waals surface area contributed by atoms with Gasteiger partial charge in [0.15, 0.2) is 0 Å². The van der Waals surface area contributed by atoms with Crippen LogP contribution >= 0.6 is 12.4 Å². The highest BCUT2D eigenvalue weighted by Gasteiger charge is 2.39. The van der Waals surface area contributed by atoms with Crippen LogP contribution in [-0.2, 0) is 9.59 Å². The van der Waals surface area contributed by atoms with Gasteiger partial charge in [-0.3, -0.25) is 9.59 Å². The fourth-order valence-electron chi connectivity index (χ4n) is 1.89. The Morgan fingerprint density at radius 3 is 2.76 bits per heavy atom. The zero-order valence-corrected chi connectivity index (χ0v) is 11.5. The van der Waals surface area contributed by atoms with E-state index in [1.807, 2.05) is 7.05 Å². The molecule has 1 heterocycles. The minimum atomic E-state index is -0.713. The van der Waals surface area contributed by atoms with Gasteiger partial charge in [0.1, 0.15) is 5.54 Å². The van der Waals surface area contributed by atoms with Crippen molar-refractivity contribution < 1.29 is 9.59 Å². The van der Waals surface area contributed by atoms with Crippen LogP contribution in [0.2, 0.25) is 0 Å². The lowest BCUT2D eigenvalue weighted by Gasteiger charge is -2.41. The fourth-order valence-corrected chi connectivity index (χ4v) is 1.89. The molecule has 1 aliphatic rings. The maximum atomic E-state index is 12.0. The van der Waals surface area contributed by atoms with Gasteiger partial charge in [-0.25, -0.2) is 0 Å². The molecule has 0 radical (unpaired) electrons. The van der Waals surface area contributed by atoms with Crippen LogP contribution in [0.4, 0.5) is 0 Å². The lowest BCUT2D eigenvalue weighted by atomic mass is 9.98. The standard InChI is InChI=1S/C11H21N3O2.ClH/c1-11(2)10(16)13-7-8-14(11)9(15)5-4-6-12-3;/h12H,4-8H2,1-3H3,(H,13,16);1H. The van der Waals surface area contributed by atoms with Crippen molar-refractivity contribution in [1.82, 2.24) is 15.5 Å². The number of halogens is 1. The van der Waals surface area contributed by atoms with Gasteiger partial charge in [-0.1, -0.05) is 0 Å². The summed E-state index contributed by atoms with van der Waals surface area (Å²) < 4.78 is 0. The van der Waals surface area contributed by atoms with Gasteiger partial charge < -0.3 is 15.5 Å². The van der Waals surface area contributed by atoms with Crippen molar-refractivity contribution in [3.63, 3.8) is 0 Å². The van der Waals surface area contributed by atoms with Crippen molar-refractivity contribution in [3.8, 4) is 0 Å². The number of nitrogens with one attached hydrogen (secondary N) is 2. The summed E-state index contributed by atoms with van der Waals surface area (Å²) in [5, 5.41) is 5.78. The van der Waals surface area contributed by atoms with Crippen LogP contribution in [0.5, 0.6) is 0 Å². The molecule has 1 rings (SSSR count). The van der Waals surface area contributed by atoms with Crippen LogP contribution in [0.15, 0.2) is 0 Å².